The van der Waals surface area contributed by atoms with E-state index in [1.54, 1.807) is 5.57 Å². The molecule has 10 atom stereocenters. The summed E-state index contributed by atoms with van der Waals surface area (Å²) in [5.74, 6) is 3.69. The molecule has 6 heteroatoms. The Hall–Kier alpha value is -0.760. The van der Waals surface area contributed by atoms with Gasteiger partial charge in [-0.25, -0.2) is 0 Å². The van der Waals surface area contributed by atoms with Gasteiger partial charge in [-0.3, -0.25) is 0 Å². The number of piperidine rings is 1. The lowest BCUT2D eigenvalue weighted by atomic mass is 9.41. The summed E-state index contributed by atoms with van der Waals surface area (Å²) in [6, 6.07) is 0. The Bertz CT molecular complexity index is 1400. The molecular formula is C61H112N2O4. The number of unbranched alkanes of at least 4 members (excludes halogenated alkanes) is 12. The zero-order chi connectivity index (χ0) is 48.0. The smallest absolute Gasteiger partial charge is 0.0934 e. The van der Waals surface area contributed by atoms with Crippen molar-refractivity contribution < 1.29 is 18.9 Å². The van der Waals surface area contributed by atoms with E-state index in [9.17, 15) is 0 Å². The molecule has 1 heterocycles. The van der Waals surface area contributed by atoms with Gasteiger partial charge in [0.05, 0.1) is 18.8 Å². The van der Waals surface area contributed by atoms with E-state index in [-0.39, 0.29) is 17.1 Å². The first-order chi connectivity index (χ1) is 32.4. The van der Waals surface area contributed by atoms with Crippen molar-refractivity contribution in [3.05, 3.63) is 23.8 Å². The minimum absolute atomic E-state index is 0.0366. The Morgan fingerprint density at radius 3 is 2.12 bits per heavy atom. The third kappa shape index (κ3) is 16.6. The van der Waals surface area contributed by atoms with Crippen LogP contribution in [0.5, 0.6) is 0 Å². The number of nitrogens with zero attached hydrogens (tertiary/aromatic N) is 1. The SMILES string of the molecule is CCCCCCCC/C=C\CCCCCCCCOCC(CN1CCCC(C)C1)OCCCOCCCOC1CCC2(C)C(=CCC3[C@@H]2CCC2(C)C3(C)CC[C@@]2(N)C(C)CCCC(C)C)C1. The fraction of sp³-hybridized carbons (Fsp3) is 0.934. The van der Waals surface area contributed by atoms with Crippen molar-refractivity contribution in [3.63, 3.8) is 0 Å². The minimum Gasteiger partial charge on any atom is -0.381 e. The normalized spacial score (nSPS) is 32.1. The van der Waals surface area contributed by atoms with Gasteiger partial charge in [0.15, 0.2) is 0 Å². The molecule has 2 N–H and O–H groups in total. The number of ether oxygens (including phenoxy) is 4. The largest absolute Gasteiger partial charge is 0.381 e. The number of fused-ring (bicyclic) bond motifs is 5. The molecule has 5 rings (SSSR count). The average Bonchev–Trinajstić information content (AvgIpc) is 3.53. The van der Waals surface area contributed by atoms with Gasteiger partial charge in [0.2, 0.25) is 0 Å². The van der Waals surface area contributed by atoms with Crippen LogP contribution in [-0.2, 0) is 18.9 Å². The Balaban J connectivity index is 0.915. The maximum Gasteiger partial charge on any atom is 0.0934 e. The summed E-state index contributed by atoms with van der Waals surface area (Å²) >= 11 is 0. The van der Waals surface area contributed by atoms with Crippen LogP contribution in [-0.4, -0.2) is 81.9 Å². The molecule has 1 aliphatic heterocycles. The van der Waals surface area contributed by atoms with Crippen LogP contribution in [0, 0.1) is 45.8 Å². The molecular weight excluding hydrogens is 825 g/mol. The van der Waals surface area contributed by atoms with E-state index >= 15 is 0 Å². The summed E-state index contributed by atoms with van der Waals surface area (Å²) in [7, 11) is 0. The highest BCUT2D eigenvalue weighted by molar-refractivity contribution is 5.29. The number of hydrogen-bond donors (Lipinski definition) is 1. The van der Waals surface area contributed by atoms with Gasteiger partial charge in [-0.05, 0) is 168 Å². The maximum atomic E-state index is 7.64. The Morgan fingerprint density at radius 1 is 0.716 bits per heavy atom. The minimum atomic E-state index is -0.0366. The first-order valence-electron chi connectivity index (χ1n) is 29.6. The molecule has 6 nitrogen and oxygen atoms in total. The third-order valence-corrected chi connectivity index (χ3v) is 19.4. The molecule has 0 aromatic carbocycles. The topological polar surface area (TPSA) is 66.2 Å². The van der Waals surface area contributed by atoms with Crippen LogP contribution in [0.2, 0.25) is 0 Å². The second-order valence-corrected chi connectivity index (χ2v) is 24.7. The summed E-state index contributed by atoms with van der Waals surface area (Å²) in [5.41, 5.74) is 10.2. The second kappa shape index (κ2) is 29.7. The van der Waals surface area contributed by atoms with Crippen LogP contribution in [0.25, 0.3) is 0 Å². The summed E-state index contributed by atoms with van der Waals surface area (Å²) in [5, 5.41) is 0. The van der Waals surface area contributed by atoms with Gasteiger partial charge < -0.3 is 29.6 Å². The second-order valence-electron chi connectivity index (χ2n) is 24.7. The highest BCUT2D eigenvalue weighted by Gasteiger charge is 2.69. The van der Waals surface area contributed by atoms with Crippen LogP contribution in [0.3, 0.4) is 0 Å². The predicted octanol–water partition coefficient (Wildman–Crippen LogP) is 15.9. The first kappa shape index (κ1) is 57.1. The molecule has 4 fully saturated rings. The zero-order valence-corrected chi connectivity index (χ0v) is 45.8. The molecule has 390 valence electrons. The number of nitrogens with two attached hydrogens (primary N) is 1. The van der Waals surface area contributed by atoms with Crippen molar-refractivity contribution in [2.75, 3.05) is 59.3 Å². The Morgan fingerprint density at radius 2 is 1.40 bits per heavy atom. The lowest BCUT2D eigenvalue weighted by Gasteiger charge is -2.64. The number of allylic oxidation sites excluding steroid dienone is 3. The van der Waals surface area contributed by atoms with Crippen molar-refractivity contribution >= 4 is 0 Å². The molecule has 0 radical (unpaired) electrons. The van der Waals surface area contributed by atoms with Crippen LogP contribution in [0.4, 0.5) is 0 Å². The highest BCUT2D eigenvalue weighted by Crippen LogP contribution is 2.73. The van der Waals surface area contributed by atoms with E-state index < -0.39 is 0 Å². The van der Waals surface area contributed by atoms with Crippen molar-refractivity contribution in [3.8, 4) is 0 Å². The molecule has 1 saturated heterocycles. The molecule has 3 saturated carbocycles. The lowest BCUT2D eigenvalue weighted by Crippen LogP contribution is -2.64. The standard InChI is InChI=1S/C61H112N2O4/c1-9-10-11-12-13-14-15-16-17-18-19-20-21-22-23-24-41-65-49-55(48-63-40-26-30-51(4)47-63)67-45-28-43-64-42-27-44-66-54-34-36-58(6)53(46-54)32-33-57-56(58)35-37-60(8)59(57,7)38-39-61(60,62)52(5)31-25-29-50(2)3/h16-17,32,50-52,54-57H,9-15,18-31,33-49,62H2,1-8H3/b17-16-/t51?,52?,54?,55?,56-,57?,58?,59?,60?,61+/m0/s1. The van der Waals surface area contributed by atoms with Crippen LogP contribution in [0.1, 0.15) is 242 Å². The predicted molar refractivity (Wildman–Crippen MR) is 286 cm³/mol. The van der Waals surface area contributed by atoms with Crippen LogP contribution >= 0.6 is 0 Å². The van der Waals surface area contributed by atoms with Gasteiger partial charge in [0, 0.05) is 51.7 Å². The van der Waals surface area contributed by atoms with Gasteiger partial charge in [-0.15, -0.1) is 0 Å². The summed E-state index contributed by atoms with van der Waals surface area (Å²) in [6.45, 7) is 27.8. The van der Waals surface area contributed by atoms with Gasteiger partial charge in [0.25, 0.3) is 0 Å². The lowest BCUT2D eigenvalue weighted by molar-refractivity contribution is -0.122. The fourth-order valence-corrected chi connectivity index (χ4v) is 14.7. The van der Waals surface area contributed by atoms with Crippen molar-refractivity contribution in [2.45, 2.75) is 259 Å². The molecule has 0 spiro atoms. The van der Waals surface area contributed by atoms with Crippen LogP contribution in [0.15, 0.2) is 23.8 Å². The van der Waals surface area contributed by atoms with Gasteiger partial charge >= 0.3 is 0 Å². The molecule has 5 aliphatic rings. The van der Waals surface area contributed by atoms with E-state index in [1.807, 2.05) is 0 Å². The molecule has 4 aliphatic carbocycles. The highest BCUT2D eigenvalue weighted by atomic mass is 16.5. The molecule has 0 aromatic heterocycles. The first-order valence-corrected chi connectivity index (χ1v) is 29.6. The van der Waals surface area contributed by atoms with Crippen LogP contribution < -0.4 is 5.73 Å². The quantitative estimate of drug-likeness (QED) is 0.0504. The average molecular weight is 938 g/mol. The fourth-order valence-electron chi connectivity index (χ4n) is 14.7. The molecule has 67 heavy (non-hydrogen) atoms. The van der Waals surface area contributed by atoms with Gasteiger partial charge in [0.1, 0.15) is 0 Å². The zero-order valence-electron chi connectivity index (χ0n) is 45.8. The van der Waals surface area contributed by atoms with Crippen molar-refractivity contribution in [1.82, 2.24) is 4.90 Å². The van der Waals surface area contributed by atoms with E-state index in [2.05, 4.69) is 78.5 Å². The summed E-state index contributed by atoms with van der Waals surface area (Å²) < 4.78 is 25.4. The van der Waals surface area contributed by atoms with E-state index in [0.717, 1.165) is 88.9 Å². The summed E-state index contributed by atoms with van der Waals surface area (Å²) in [6.07, 6.45) is 45.2. The molecule has 0 aromatic rings. The van der Waals surface area contributed by atoms with Crippen molar-refractivity contribution in [2.24, 2.45) is 51.6 Å². The molecule has 8 unspecified atom stereocenters. The third-order valence-electron chi connectivity index (χ3n) is 19.4. The summed E-state index contributed by atoms with van der Waals surface area (Å²) in [4.78, 5) is 2.61. The number of likely N-dealkylation sites (tertiary alicyclic amines) is 1. The Labute approximate surface area is 416 Å². The van der Waals surface area contributed by atoms with Crippen molar-refractivity contribution in [1.29, 1.82) is 0 Å². The van der Waals surface area contributed by atoms with E-state index in [4.69, 9.17) is 24.7 Å². The van der Waals surface area contributed by atoms with E-state index in [0.29, 0.717) is 29.5 Å². The monoisotopic (exact) mass is 937 g/mol. The molecule has 0 bridgehead atoms. The number of rotatable bonds is 35. The maximum absolute atomic E-state index is 7.64. The Kier molecular flexibility index (Phi) is 25.3. The number of hydrogen-bond acceptors (Lipinski definition) is 6. The van der Waals surface area contributed by atoms with E-state index in [1.165, 1.54) is 174 Å². The van der Waals surface area contributed by atoms with Gasteiger partial charge in [-0.1, -0.05) is 150 Å². The molecule has 0 amide bonds. The van der Waals surface area contributed by atoms with Gasteiger partial charge in [-0.2, -0.15) is 0 Å².